The van der Waals surface area contributed by atoms with E-state index >= 15 is 0 Å². The van der Waals surface area contributed by atoms with E-state index in [9.17, 15) is 0 Å². The molecule has 18 heavy (non-hydrogen) atoms. The van der Waals surface area contributed by atoms with Crippen molar-refractivity contribution < 1.29 is 4.42 Å². The van der Waals surface area contributed by atoms with Crippen molar-refractivity contribution in [1.82, 2.24) is 15.1 Å². The molecule has 0 radical (unpaired) electrons. The van der Waals surface area contributed by atoms with Gasteiger partial charge in [-0.2, -0.15) is 5.10 Å². The highest BCUT2D eigenvalue weighted by Crippen LogP contribution is 2.31. The lowest BCUT2D eigenvalue weighted by Crippen LogP contribution is -2.22. The predicted molar refractivity (Wildman–Crippen MR) is 74.7 cm³/mol. The highest BCUT2D eigenvalue weighted by atomic mass is 79.9. The van der Waals surface area contributed by atoms with Gasteiger partial charge in [0.05, 0.1) is 22.4 Å². The number of hydrogen-bond acceptors (Lipinski definition) is 3. The Balaban J connectivity index is 2.51. The zero-order valence-electron chi connectivity index (χ0n) is 11.1. The van der Waals surface area contributed by atoms with Crippen LogP contribution in [-0.2, 0) is 6.54 Å². The van der Waals surface area contributed by atoms with Crippen molar-refractivity contribution in [1.29, 1.82) is 0 Å². The second kappa shape index (κ2) is 5.28. The van der Waals surface area contributed by atoms with Crippen LogP contribution in [0.4, 0.5) is 0 Å². The number of halogens is 1. The molecule has 1 atom stereocenters. The molecule has 2 rings (SSSR count). The first-order valence-corrected chi connectivity index (χ1v) is 6.83. The van der Waals surface area contributed by atoms with Crippen molar-refractivity contribution in [3.05, 3.63) is 39.5 Å². The van der Waals surface area contributed by atoms with E-state index in [0.717, 1.165) is 33.8 Å². The Morgan fingerprint density at radius 2 is 2.22 bits per heavy atom. The Morgan fingerprint density at radius 3 is 2.72 bits per heavy atom. The van der Waals surface area contributed by atoms with Crippen molar-refractivity contribution in [3.8, 4) is 0 Å². The van der Waals surface area contributed by atoms with Crippen molar-refractivity contribution in [2.24, 2.45) is 0 Å². The van der Waals surface area contributed by atoms with Crippen molar-refractivity contribution in [2.45, 2.75) is 33.4 Å². The summed E-state index contributed by atoms with van der Waals surface area (Å²) in [5, 5.41) is 7.70. The van der Waals surface area contributed by atoms with Gasteiger partial charge in [0.15, 0.2) is 0 Å². The average molecular weight is 312 g/mol. The van der Waals surface area contributed by atoms with Gasteiger partial charge in [-0.25, -0.2) is 0 Å². The third-order valence-electron chi connectivity index (χ3n) is 3.09. The molecule has 0 aliphatic carbocycles. The van der Waals surface area contributed by atoms with Gasteiger partial charge in [0, 0.05) is 12.1 Å². The summed E-state index contributed by atoms with van der Waals surface area (Å²) in [5.74, 6) is 1.88. The Labute approximate surface area is 115 Å². The Hall–Kier alpha value is -1.07. The molecule has 0 fully saturated rings. The molecule has 2 heterocycles. The van der Waals surface area contributed by atoms with Gasteiger partial charge in [-0.15, -0.1) is 0 Å². The third kappa shape index (κ3) is 2.24. The number of aryl methyl sites for hydroxylation is 3. The summed E-state index contributed by atoms with van der Waals surface area (Å²) in [6, 6.07) is 2.16. The molecule has 0 amide bonds. The first kappa shape index (κ1) is 13.4. The topological polar surface area (TPSA) is 43.0 Å². The fraction of sp³-hybridized carbons (Fsp3) is 0.462. The molecule has 2 aromatic rings. The standard InChI is InChI=1S/C13H18BrN3O/c1-5-17-13(11(14)7-16-17)12(15-4)10-6-8(2)18-9(10)3/h6-7,12,15H,5H2,1-4H3. The summed E-state index contributed by atoms with van der Waals surface area (Å²) < 4.78 is 8.63. The van der Waals surface area contributed by atoms with Gasteiger partial charge < -0.3 is 9.73 Å². The highest BCUT2D eigenvalue weighted by Gasteiger charge is 2.23. The van der Waals surface area contributed by atoms with Gasteiger partial charge in [-0.05, 0) is 49.8 Å². The SMILES string of the molecule is CCn1ncc(Br)c1C(NC)c1cc(C)oc1C. The maximum Gasteiger partial charge on any atom is 0.106 e. The van der Waals surface area contributed by atoms with Crippen LogP contribution < -0.4 is 5.32 Å². The Bertz CT molecular complexity index is 544. The first-order chi connectivity index (χ1) is 8.58. The summed E-state index contributed by atoms with van der Waals surface area (Å²) in [6.45, 7) is 6.89. The molecule has 1 N–H and O–H groups in total. The van der Waals surface area contributed by atoms with E-state index in [0.29, 0.717) is 0 Å². The number of hydrogen-bond donors (Lipinski definition) is 1. The summed E-state index contributed by atoms with van der Waals surface area (Å²) in [5.41, 5.74) is 2.29. The van der Waals surface area contributed by atoms with Crippen LogP contribution in [-0.4, -0.2) is 16.8 Å². The first-order valence-electron chi connectivity index (χ1n) is 6.03. The van der Waals surface area contributed by atoms with Crippen molar-refractivity contribution in [3.63, 3.8) is 0 Å². The zero-order chi connectivity index (χ0) is 13.3. The summed E-state index contributed by atoms with van der Waals surface area (Å²) >= 11 is 3.57. The average Bonchev–Trinajstić information content (AvgIpc) is 2.85. The van der Waals surface area contributed by atoms with E-state index in [1.54, 1.807) is 0 Å². The number of aromatic nitrogens is 2. The van der Waals surface area contributed by atoms with Gasteiger partial charge in [0.2, 0.25) is 0 Å². The minimum absolute atomic E-state index is 0.0827. The lowest BCUT2D eigenvalue weighted by atomic mass is 10.0. The van der Waals surface area contributed by atoms with Crippen molar-refractivity contribution in [2.75, 3.05) is 7.05 Å². The number of rotatable bonds is 4. The number of furan rings is 1. The van der Waals surface area contributed by atoms with Crippen LogP contribution in [0.15, 0.2) is 21.2 Å². The molecule has 2 aromatic heterocycles. The van der Waals surface area contributed by atoms with Crippen LogP contribution in [0.25, 0.3) is 0 Å². The zero-order valence-corrected chi connectivity index (χ0v) is 12.7. The quantitative estimate of drug-likeness (QED) is 0.943. The highest BCUT2D eigenvalue weighted by molar-refractivity contribution is 9.10. The maximum absolute atomic E-state index is 5.62. The normalized spacial score (nSPS) is 12.9. The van der Waals surface area contributed by atoms with Crippen LogP contribution in [0.5, 0.6) is 0 Å². The molecule has 0 spiro atoms. The predicted octanol–water partition coefficient (Wildman–Crippen LogP) is 3.18. The fourth-order valence-electron chi connectivity index (χ4n) is 2.29. The van der Waals surface area contributed by atoms with Gasteiger partial charge >= 0.3 is 0 Å². The van der Waals surface area contributed by atoms with Gasteiger partial charge in [-0.1, -0.05) is 0 Å². The van der Waals surface area contributed by atoms with Gasteiger partial charge in [0.25, 0.3) is 0 Å². The molecule has 0 aliphatic heterocycles. The molecule has 4 nitrogen and oxygen atoms in total. The molecule has 5 heteroatoms. The Morgan fingerprint density at radius 1 is 1.50 bits per heavy atom. The second-order valence-corrected chi connectivity index (χ2v) is 5.14. The van der Waals surface area contributed by atoms with E-state index in [-0.39, 0.29) is 6.04 Å². The maximum atomic E-state index is 5.62. The second-order valence-electron chi connectivity index (χ2n) is 4.28. The van der Waals surface area contributed by atoms with E-state index in [1.165, 1.54) is 0 Å². The molecule has 0 saturated carbocycles. The summed E-state index contributed by atoms with van der Waals surface area (Å²) in [6.07, 6.45) is 1.84. The molecule has 0 aromatic carbocycles. The summed E-state index contributed by atoms with van der Waals surface area (Å²) in [7, 11) is 1.95. The van der Waals surface area contributed by atoms with Crippen LogP contribution in [0, 0.1) is 13.8 Å². The molecule has 0 bridgehead atoms. The third-order valence-corrected chi connectivity index (χ3v) is 3.70. The van der Waals surface area contributed by atoms with E-state index in [1.807, 2.05) is 31.8 Å². The lowest BCUT2D eigenvalue weighted by molar-refractivity contribution is 0.492. The van der Waals surface area contributed by atoms with Crippen LogP contribution in [0.2, 0.25) is 0 Å². The van der Waals surface area contributed by atoms with E-state index in [2.05, 4.69) is 39.3 Å². The van der Waals surface area contributed by atoms with Crippen molar-refractivity contribution >= 4 is 15.9 Å². The number of nitrogens with one attached hydrogen (secondary N) is 1. The molecule has 0 aliphatic rings. The van der Waals surface area contributed by atoms with E-state index < -0.39 is 0 Å². The minimum Gasteiger partial charge on any atom is -0.466 e. The molecule has 1 unspecified atom stereocenters. The minimum atomic E-state index is 0.0827. The molecule has 0 saturated heterocycles. The smallest absolute Gasteiger partial charge is 0.106 e. The van der Waals surface area contributed by atoms with E-state index in [4.69, 9.17) is 4.42 Å². The van der Waals surface area contributed by atoms with Crippen LogP contribution in [0.1, 0.15) is 35.7 Å². The molecular weight excluding hydrogens is 294 g/mol. The Kier molecular flexibility index (Phi) is 3.92. The van der Waals surface area contributed by atoms with Crippen LogP contribution in [0.3, 0.4) is 0 Å². The van der Waals surface area contributed by atoms with Gasteiger partial charge in [0.1, 0.15) is 11.5 Å². The summed E-state index contributed by atoms with van der Waals surface area (Å²) in [4.78, 5) is 0. The fourth-order valence-corrected chi connectivity index (χ4v) is 2.81. The largest absolute Gasteiger partial charge is 0.466 e. The molecule has 98 valence electrons. The lowest BCUT2D eigenvalue weighted by Gasteiger charge is -2.17. The van der Waals surface area contributed by atoms with Crippen LogP contribution >= 0.6 is 15.9 Å². The van der Waals surface area contributed by atoms with Gasteiger partial charge in [-0.3, -0.25) is 4.68 Å². The number of nitrogens with zero attached hydrogens (tertiary/aromatic N) is 2. The monoisotopic (exact) mass is 311 g/mol. The molecular formula is C13H18BrN3O.